The van der Waals surface area contributed by atoms with Crippen molar-refractivity contribution >= 4 is 16.7 Å². The maximum Gasteiger partial charge on any atom is 0.237 e. The van der Waals surface area contributed by atoms with Gasteiger partial charge in [-0.05, 0) is 41.5 Å². The van der Waals surface area contributed by atoms with Gasteiger partial charge >= 0.3 is 0 Å². The average Bonchev–Trinajstić information content (AvgIpc) is 3.14. The van der Waals surface area contributed by atoms with Gasteiger partial charge in [-0.15, -0.1) is 0 Å². The Kier molecular flexibility index (Phi) is 6.41. The fraction of sp³-hybridized carbons (Fsp3) is 0.267. The first-order valence-electron chi connectivity index (χ1n) is 12.0. The van der Waals surface area contributed by atoms with Crippen LogP contribution in [0.15, 0.2) is 97.3 Å². The number of hydrogen-bond donors (Lipinski definition) is 0. The Labute approximate surface area is 201 Å². The normalized spacial score (nSPS) is 16.9. The summed E-state index contributed by atoms with van der Waals surface area (Å²) in [6.45, 7) is 4.54. The van der Waals surface area contributed by atoms with E-state index in [0.717, 1.165) is 22.9 Å². The molecular formula is C30H30N2O2. The summed E-state index contributed by atoms with van der Waals surface area (Å²) in [6, 6.07) is 28.7. The van der Waals surface area contributed by atoms with E-state index in [-0.39, 0.29) is 11.8 Å². The van der Waals surface area contributed by atoms with E-state index in [0.29, 0.717) is 26.3 Å². The lowest BCUT2D eigenvalue weighted by Crippen LogP contribution is -2.48. The molecule has 0 saturated carbocycles. The highest BCUT2D eigenvalue weighted by molar-refractivity contribution is 5.92. The Morgan fingerprint density at radius 1 is 0.971 bits per heavy atom. The van der Waals surface area contributed by atoms with E-state index in [2.05, 4.69) is 60.4 Å². The van der Waals surface area contributed by atoms with Crippen LogP contribution in [0.1, 0.15) is 23.6 Å². The predicted octanol–water partition coefficient (Wildman–Crippen LogP) is 5.26. The van der Waals surface area contributed by atoms with Crippen molar-refractivity contribution in [1.29, 1.82) is 0 Å². The lowest BCUT2D eigenvalue weighted by molar-refractivity contribution is -0.135. The van der Waals surface area contributed by atoms with Crippen LogP contribution in [0.2, 0.25) is 0 Å². The summed E-state index contributed by atoms with van der Waals surface area (Å²) in [6.07, 6.45) is 4.61. The minimum atomic E-state index is -0.761. The third-order valence-corrected chi connectivity index (χ3v) is 7.03. The van der Waals surface area contributed by atoms with Crippen LogP contribution < -0.4 is 0 Å². The topological polar surface area (TPSA) is 42.4 Å². The summed E-state index contributed by atoms with van der Waals surface area (Å²) >= 11 is 0. The van der Waals surface area contributed by atoms with Gasteiger partial charge in [0.1, 0.15) is 0 Å². The Morgan fingerprint density at radius 2 is 1.68 bits per heavy atom. The molecule has 1 aliphatic rings. The first-order chi connectivity index (χ1) is 16.7. The summed E-state index contributed by atoms with van der Waals surface area (Å²) in [4.78, 5) is 20.5. The van der Waals surface area contributed by atoms with Gasteiger partial charge in [0.2, 0.25) is 5.91 Å². The fourth-order valence-corrected chi connectivity index (χ4v) is 5.14. The highest BCUT2D eigenvalue weighted by atomic mass is 16.5. The molecule has 0 N–H and O–H groups in total. The van der Waals surface area contributed by atoms with Gasteiger partial charge in [0, 0.05) is 36.8 Å². The molecule has 4 heteroatoms. The zero-order chi connectivity index (χ0) is 23.4. The number of fused-ring (bicyclic) bond motifs is 1. The van der Waals surface area contributed by atoms with Crippen molar-refractivity contribution in [3.8, 4) is 0 Å². The standard InChI is InChI=1S/C30H30N2O2/c1-30(26-11-4-2-5-12-26,27-13-6-3-7-14-27)29(33)32-17-18-34-22-23(21-32)19-24-9-8-10-25-20-31-16-15-28(24)25/h2-16,20,23H,17-19,21-22H2,1H3/t23-/m0/s1. The first-order valence-corrected chi connectivity index (χ1v) is 12.0. The molecule has 0 unspecified atom stereocenters. The van der Waals surface area contributed by atoms with Crippen molar-refractivity contribution in [2.45, 2.75) is 18.8 Å². The van der Waals surface area contributed by atoms with Gasteiger partial charge in [-0.3, -0.25) is 9.78 Å². The third kappa shape index (κ3) is 4.34. The van der Waals surface area contributed by atoms with Crippen molar-refractivity contribution in [3.63, 3.8) is 0 Å². The van der Waals surface area contributed by atoms with E-state index >= 15 is 0 Å². The number of aromatic nitrogens is 1. The number of nitrogens with zero attached hydrogens (tertiary/aromatic N) is 2. The minimum Gasteiger partial charge on any atom is -0.379 e. The lowest BCUT2D eigenvalue weighted by Gasteiger charge is -2.36. The summed E-state index contributed by atoms with van der Waals surface area (Å²) in [7, 11) is 0. The molecule has 0 aliphatic carbocycles. The predicted molar refractivity (Wildman–Crippen MR) is 136 cm³/mol. The molecular weight excluding hydrogens is 420 g/mol. The molecule has 4 aromatic rings. The van der Waals surface area contributed by atoms with Crippen molar-refractivity contribution < 1.29 is 9.53 Å². The molecule has 0 radical (unpaired) electrons. The number of carbonyl (C=O) groups excluding carboxylic acids is 1. The van der Waals surface area contributed by atoms with Crippen LogP contribution in [0.25, 0.3) is 10.8 Å². The molecule has 34 heavy (non-hydrogen) atoms. The second-order valence-corrected chi connectivity index (χ2v) is 9.27. The third-order valence-electron chi connectivity index (χ3n) is 7.03. The Morgan fingerprint density at radius 3 is 2.38 bits per heavy atom. The Hall–Kier alpha value is -3.50. The maximum atomic E-state index is 14.2. The molecule has 1 amide bonds. The van der Waals surface area contributed by atoms with Gasteiger partial charge in [-0.2, -0.15) is 0 Å². The van der Waals surface area contributed by atoms with E-state index in [1.807, 2.05) is 53.7 Å². The van der Waals surface area contributed by atoms with E-state index in [9.17, 15) is 4.79 Å². The van der Waals surface area contributed by atoms with Crippen LogP contribution in [0.5, 0.6) is 0 Å². The van der Waals surface area contributed by atoms with Crippen LogP contribution in [0.3, 0.4) is 0 Å². The average molecular weight is 451 g/mol. The van der Waals surface area contributed by atoms with Gasteiger partial charge in [0.05, 0.1) is 18.6 Å². The van der Waals surface area contributed by atoms with Gasteiger partial charge < -0.3 is 9.64 Å². The van der Waals surface area contributed by atoms with Gasteiger partial charge in [-0.25, -0.2) is 0 Å². The zero-order valence-electron chi connectivity index (χ0n) is 19.6. The Balaban J connectivity index is 1.45. The van der Waals surface area contributed by atoms with E-state index in [4.69, 9.17) is 4.74 Å². The quantitative estimate of drug-likeness (QED) is 0.417. The lowest BCUT2D eigenvalue weighted by atomic mass is 9.75. The molecule has 1 aromatic heterocycles. The van der Waals surface area contributed by atoms with Crippen LogP contribution in [0, 0.1) is 5.92 Å². The van der Waals surface area contributed by atoms with Crippen molar-refractivity contribution in [2.24, 2.45) is 5.92 Å². The highest BCUT2D eigenvalue weighted by Gasteiger charge is 2.41. The fourth-order valence-electron chi connectivity index (χ4n) is 5.14. The Bertz CT molecular complexity index is 1210. The number of pyridine rings is 1. The van der Waals surface area contributed by atoms with Crippen molar-refractivity contribution in [2.75, 3.05) is 26.3 Å². The number of benzene rings is 3. The minimum absolute atomic E-state index is 0.127. The highest BCUT2D eigenvalue weighted by Crippen LogP contribution is 2.35. The molecule has 4 nitrogen and oxygen atoms in total. The van der Waals surface area contributed by atoms with Gasteiger partial charge in [0.25, 0.3) is 0 Å². The van der Waals surface area contributed by atoms with E-state index < -0.39 is 5.41 Å². The number of carbonyl (C=O) groups is 1. The summed E-state index contributed by atoms with van der Waals surface area (Å²) in [5, 5.41) is 2.36. The molecule has 0 bridgehead atoms. The van der Waals surface area contributed by atoms with Crippen LogP contribution >= 0.6 is 0 Å². The molecule has 1 atom stereocenters. The molecule has 172 valence electrons. The first kappa shape index (κ1) is 22.3. The molecule has 1 fully saturated rings. The number of amides is 1. The molecule has 1 aliphatic heterocycles. The van der Waals surface area contributed by atoms with Crippen molar-refractivity contribution in [3.05, 3.63) is 114 Å². The SMILES string of the molecule is CC(C(=O)N1CCOC[C@@H](Cc2cccc3cnccc23)C1)(c1ccccc1)c1ccccc1. The molecule has 3 aromatic carbocycles. The van der Waals surface area contributed by atoms with Crippen LogP contribution in [-0.4, -0.2) is 42.1 Å². The second kappa shape index (κ2) is 9.78. The number of hydrogen-bond acceptors (Lipinski definition) is 3. The molecule has 5 rings (SSSR count). The largest absolute Gasteiger partial charge is 0.379 e. The van der Waals surface area contributed by atoms with Crippen molar-refractivity contribution in [1.82, 2.24) is 9.88 Å². The zero-order valence-corrected chi connectivity index (χ0v) is 19.6. The maximum absolute atomic E-state index is 14.2. The smallest absolute Gasteiger partial charge is 0.237 e. The number of ether oxygens (including phenoxy) is 1. The van der Waals surface area contributed by atoms with Gasteiger partial charge in [-0.1, -0.05) is 78.9 Å². The van der Waals surface area contributed by atoms with Gasteiger partial charge in [0.15, 0.2) is 0 Å². The molecule has 0 spiro atoms. The molecule has 2 heterocycles. The monoisotopic (exact) mass is 450 g/mol. The van der Waals surface area contributed by atoms with E-state index in [1.165, 1.54) is 10.9 Å². The molecule has 1 saturated heterocycles. The summed E-state index contributed by atoms with van der Waals surface area (Å²) in [5.41, 5.74) is 2.53. The van der Waals surface area contributed by atoms with Crippen LogP contribution in [0.4, 0.5) is 0 Å². The summed E-state index contributed by atoms with van der Waals surface area (Å²) < 4.78 is 5.99. The second-order valence-electron chi connectivity index (χ2n) is 9.27. The summed E-state index contributed by atoms with van der Waals surface area (Å²) in [5.74, 6) is 0.350. The number of rotatable bonds is 5. The van der Waals surface area contributed by atoms with E-state index in [1.54, 1.807) is 0 Å². The van der Waals surface area contributed by atoms with Crippen LogP contribution in [-0.2, 0) is 21.4 Å².